The molecule has 1 atom stereocenters. The van der Waals surface area contributed by atoms with Gasteiger partial charge in [-0.15, -0.1) is 11.3 Å². The minimum Gasteiger partial charge on any atom is -0.493 e. The summed E-state index contributed by atoms with van der Waals surface area (Å²) in [6, 6.07) is 16.4. The van der Waals surface area contributed by atoms with Gasteiger partial charge in [-0.3, -0.25) is 4.79 Å². The fraction of sp³-hybridized carbons (Fsp3) is 0.364. The largest absolute Gasteiger partial charge is 0.493 e. The highest BCUT2D eigenvalue weighted by Gasteiger charge is 2.19. The lowest BCUT2D eigenvalue weighted by atomic mass is 9.97. The number of benzene rings is 2. The lowest BCUT2D eigenvalue weighted by molar-refractivity contribution is -0.121. The van der Waals surface area contributed by atoms with Crippen molar-refractivity contribution in [2.24, 2.45) is 5.92 Å². The molecule has 140 valence electrons. The summed E-state index contributed by atoms with van der Waals surface area (Å²) >= 11 is 1.75. The molecule has 0 spiro atoms. The van der Waals surface area contributed by atoms with Gasteiger partial charge in [0.15, 0.2) is 0 Å². The van der Waals surface area contributed by atoms with Crippen molar-refractivity contribution in [2.45, 2.75) is 32.1 Å². The number of rotatable bonds is 7. The topological polar surface area (TPSA) is 51.2 Å². The molecule has 1 unspecified atom stereocenters. The van der Waals surface area contributed by atoms with Gasteiger partial charge in [-0.1, -0.05) is 30.3 Å². The summed E-state index contributed by atoms with van der Waals surface area (Å²) in [6.45, 7) is 1.36. The van der Waals surface area contributed by atoms with Crippen LogP contribution >= 0.6 is 11.3 Å². The third-order valence-electron chi connectivity index (χ3n) is 4.93. The first-order chi connectivity index (χ1) is 13.3. The summed E-state index contributed by atoms with van der Waals surface area (Å²) < 4.78 is 7.02. The molecule has 4 rings (SSSR count). The first-order valence-electron chi connectivity index (χ1n) is 9.60. The second kappa shape index (κ2) is 8.53. The zero-order valence-corrected chi connectivity index (χ0v) is 16.1. The highest BCUT2D eigenvalue weighted by Crippen LogP contribution is 2.26. The molecule has 1 aliphatic rings. The molecule has 2 aromatic carbocycles. The Morgan fingerprint density at radius 2 is 2.00 bits per heavy atom. The maximum atomic E-state index is 12.1. The van der Waals surface area contributed by atoms with Crippen LogP contribution in [-0.2, 0) is 17.6 Å². The Labute approximate surface area is 163 Å². The van der Waals surface area contributed by atoms with Gasteiger partial charge in [-0.2, -0.15) is 0 Å². The number of amides is 1. The van der Waals surface area contributed by atoms with Crippen molar-refractivity contribution in [2.75, 3.05) is 13.2 Å². The van der Waals surface area contributed by atoms with Crippen LogP contribution in [0.1, 0.15) is 29.8 Å². The van der Waals surface area contributed by atoms with Gasteiger partial charge >= 0.3 is 0 Å². The molecule has 0 aliphatic carbocycles. The normalized spacial score (nSPS) is 15.9. The van der Waals surface area contributed by atoms with E-state index in [0.29, 0.717) is 25.5 Å². The van der Waals surface area contributed by atoms with Crippen LogP contribution in [0.2, 0.25) is 0 Å². The van der Waals surface area contributed by atoms with Gasteiger partial charge in [0.2, 0.25) is 5.91 Å². The number of aromatic nitrogens is 1. The lowest BCUT2D eigenvalue weighted by Crippen LogP contribution is -2.34. The van der Waals surface area contributed by atoms with Crippen LogP contribution in [0.15, 0.2) is 48.5 Å². The quantitative estimate of drug-likeness (QED) is 0.619. The van der Waals surface area contributed by atoms with Crippen molar-refractivity contribution < 1.29 is 9.53 Å². The van der Waals surface area contributed by atoms with Gasteiger partial charge in [-0.05, 0) is 49.4 Å². The number of carbonyl (C=O) groups excluding carboxylic acids is 1. The SMILES string of the molecule is O=C(CCCCc1nc2ccccc2s1)NCC1COc2ccccc2C1. The Kier molecular flexibility index (Phi) is 5.68. The molecule has 1 amide bonds. The second-order valence-corrected chi connectivity index (χ2v) is 8.19. The molecule has 0 saturated heterocycles. The zero-order valence-electron chi connectivity index (χ0n) is 15.3. The monoisotopic (exact) mass is 380 g/mol. The molecule has 5 heteroatoms. The standard InChI is InChI=1S/C22H24N2O2S/c25-21(23-14-16-13-17-7-1-3-9-19(17)26-15-16)11-5-6-12-22-24-18-8-2-4-10-20(18)27-22/h1-4,7-10,16H,5-6,11-15H2,(H,23,25). The van der Waals surface area contributed by atoms with E-state index in [9.17, 15) is 4.79 Å². The van der Waals surface area contributed by atoms with Crippen LogP contribution in [0.3, 0.4) is 0 Å². The number of para-hydroxylation sites is 2. The van der Waals surface area contributed by atoms with Crippen LogP contribution in [0.25, 0.3) is 10.2 Å². The second-order valence-electron chi connectivity index (χ2n) is 7.08. The Morgan fingerprint density at radius 3 is 2.93 bits per heavy atom. The Morgan fingerprint density at radius 1 is 1.15 bits per heavy atom. The predicted molar refractivity (Wildman–Crippen MR) is 109 cm³/mol. The molecular formula is C22H24N2O2S. The zero-order chi connectivity index (χ0) is 18.5. The summed E-state index contributed by atoms with van der Waals surface area (Å²) in [4.78, 5) is 16.8. The van der Waals surface area contributed by atoms with Crippen molar-refractivity contribution in [1.82, 2.24) is 10.3 Å². The van der Waals surface area contributed by atoms with E-state index < -0.39 is 0 Å². The van der Waals surface area contributed by atoms with Crippen molar-refractivity contribution in [3.05, 3.63) is 59.1 Å². The number of carbonyl (C=O) groups is 1. The summed E-state index contributed by atoms with van der Waals surface area (Å²) in [7, 11) is 0. The molecule has 0 fully saturated rings. The van der Waals surface area contributed by atoms with E-state index in [1.165, 1.54) is 10.3 Å². The van der Waals surface area contributed by atoms with E-state index in [-0.39, 0.29) is 5.91 Å². The van der Waals surface area contributed by atoms with Crippen LogP contribution in [-0.4, -0.2) is 24.0 Å². The highest BCUT2D eigenvalue weighted by atomic mass is 32.1. The lowest BCUT2D eigenvalue weighted by Gasteiger charge is -2.25. The highest BCUT2D eigenvalue weighted by molar-refractivity contribution is 7.18. The number of ether oxygens (including phenoxy) is 1. The molecule has 4 nitrogen and oxygen atoms in total. The Balaban J connectivity index is 1.15. The van der Waals surface area contributed by atoms with Gasteiger partial charge in [0.1, 0.15) is 5.75 Å². The minimum absolute atomic E-state index is 0.137. The van der Waals surface area contributed by atoms with Crippen molar-refractivity contribution >= 4 is 27.5 Å². The summed E-state index contributed by atoms with van der Waals surface area (Å²) in [6.07, 6.45) is 4.38. The molecular weight excluding hydrogens is 356 g/mol. The van der Waals surface area contributed by atoms with Gasteiger partial charge in [0.25, 0.3) is 0 Å². The van der Waals surface area contributed by atoms with Crippen LogP contribution < -0.4 is 10.1 Å². The van der Waals surface area contributed by atoms with Crippen LogP contribution in [0.5, 0.6) is 5.75 Å². The molecule has 1 aromatic heterocycles. The smallest absolute Gasteiger partial charge is 0.220 e. The Hall–Kier alpha value is -2.40. The summed E-state index contributed by atoms with van der Waals surface area (Å²) in [5, 5.41) is 4.23. The number of unbranched alkanes of at least 4 members (excludes halogenated alkanes) is 1. The maximum absolute atomic E-state index is 12.1. The van der Waals surface area contributed by atoms with Gasteiger partial charge in [0, 0.05) is 18.9 Å². The summed E-state index contributed by atoms with van der Waals surface area (Å²) in [5.41, 5.74) is 2.31. The first kappa shape index (κ1) is 18.0. The molecule has 2 heterocycles. The van der Waals surface area contributed by atoms with E-state index >= 15 is 0 Å². The average Bonchev–Trinajstić information content (AvgIpc) is 3.12. The van der Waals surface area contributed by atoms with Gasteiger partial charge < -0.3 is 10.1 Å². The number of hydrogen-bond donors (Lipinski definition) is 1. The molecule has 1 aliphatic heterocycles. The molecule has 0 radical (unpaired) electrons. The van der Waals surface area contributed by atoms with Crippen LogP contribution in [0.4, 0.5) is 0 Å². The molecule has 3 aromatic rings. The van der Waals surface area contributed by atoms with E-state index in [4.69, 9.17) is 4.74 Å². The minimum atomic E-state index is 0.137. The van der Waals surface area contributed by atoms with E-state index in [0.717, 1.165) is 42.0 Å². The number of hydrogen-bond acceptors (Lipinski definition) is 4. The fourth-order valence-electron chi connectivity index (χ4n) is 3.46. The van der Waals surface area contributed by atoms with Gasteiger partial charge in [-0.25, -0.2) is 4.98 Å². The fourth-order valence-corrected chi connectivity index (χ4v) is 4.47. The molecule has 0 saturated carbocycles. The van der Waals surface area contributed by atoms with E-state index in [1.54, 1.807) is 11.3 Å². The molecule has 27 heavy (non-hydrogen) atoms. The van der Waals surface area contributed by atoms with Crippen molar-refractivity contribution in [3.8, 4) is 5.75 Å². The number of thiazole rings is 1. The number of fused-ring (bicyclic) bond motifs is 2. The molecule has 1 N–H and O–H groups in total. The van der Waals surface area contributed by atoms with Crippen molar-refractivity contribution in [3.63, 3.8) is 0 Å². The molecule has 0 bridgehead atoms. The summed E-state index contributed by atoms with van der Waals surface area (Å²) in [5.74, 6) is 1.47. The third kappa shape index (κ3) is 4.66. The number of nitrogens with zero attached hydrogens (tertiary/aromatic N) is 1. The number of aryl methyl sites for hydroxylation is 1. The van der Waals surface area contributed by atoms with Crippen molar-refractivity contribution in [1.29, 1.82) is 0 Å². The number of nitrogens with one attached hydrogen (secondary N) is 1. The van der Waals surface area contributed by atoms with Crippen LogP contribution in [0, 0.1) is 5.92 Å². The predicted octanol–water partition coefficient (Wildman–Crippen LogP) is 4.38. The third-order valence-corrected chi connectivity index (χ3v) is 6.02. The van der Waals surface area contributed by atoms with E-state index in [2.05, 4.69) is 28.5 Å². The van der Waals surface area contributed by atoms with Gasteiger partial charge in [0.05, 0.1) is 21.8 Å². The Bertz CT molecular complexity index is 888. The maximum Gasteiger partial charge on any atom is 0.220 e. The average molecular weight is 381 g/mol. The van der Waals surface area contributed by atoms with E-state index in [1.807, 2.05) is 30.3 Å². The first-order valence-corrected chi connectivity index (χ1v) is 10.4.